The van der Waals surface area contributed by atoms with Gasteiger partial charge < -0.3 is 25.6 Å². The first-order chi connectivity index (χ1) is 17.4. The standard InChI is InChI=1S/C26H24Cl2N4O4/c27-18-6-11-21(28)22(14-18)31-24(33)15-23-25(34)29-12-13-32(23)26(35)30-19-7-9-20(10-8-19)36-16-17-4-2-1-3-5-17/h1-11,14,23H,12-13,15-16H2,(H,29,34)(H,30,35)(H,31,33). The van der Waals surface area contributed by atoms with Crippen LogP contribution in [0, 0.1) is 0 Å². The predicted octanol–water partition coefficient (Wildman–Crippen LogP) is 4.93. The first-order valence-corrected chi connectivity index (χ1v) is 12.0. The average Bonchev–Trinajstić information content (AvgIpc) is 2.87. The molecule has 36 heavy (non-hydrogen) atoms. The van der Waals surface area contributed by atoms with Crippen molar-refractivity contribution in [3.63, 3.8) is 0 Å². The van der Waals surface area contributed by atoms with E-state index in [2.05, 4.69) is 16.0 Å². The molecule has 0 aromatic heterocycles. The van der Waals surface area contributed by atoms with Crippen LogP contribution in [0.2, 0.25) is 10.0 Å². The maximum atomic E-state index is 13.0. The molecule has 1 unspecified atom stereocenters. The van der Waals surface area contributed by atoms with Crippen molar-refractivity contribution in [1.29, 1.82) is 0 Å². The third kappa shape index (κ3) is 6.68. The number of hydrogen-bond acceptors (Lipinski definition) is 4. The highest BCUT2D eigenvalue weighted by Crippen LogP contribution is 2.26. The SMILES string of the molecule is O=C(CC1C(=O)NCCN1C(=O)Nc1ccc(OCc2ccccc2)cc1)Nc1cc(Cl)ccc1Cl. The summed E-state index contributed by atoms with van der Waals surface area (Å²) in [6.45, 7) is 0.974. The smallest absolute Gasteiger partial charge is 0.322 e. The van der Waals surface area contributed by atoms with Gasteiger partial charge in [0.2, 0.25) is 11.8 Å². The number of carbonyl (C=O) groups excluding carboxylic acids is 3. The lowest BCUT2D eigenvalue weighted by molar-refractivity contribution is -0.130. The second-order valence-electron chi connectivity index (χ2n) is 8.11. The van der Waals surface area contributed by atoms with E-state index in [-0.39, 0.29) is 19.5 Å². The lowest BCUT2D eigenvalue weighted by atomic mass is 10.1. The van der Waals surface area contributed by atoms with Crippen LogP contribution in [-0.2, 0) is 16.2 Å². The fourth-order valence-corrected chi connectivity index (χ4v) is 4.04. The van der Waals surface area contributed by atoms with Crippen LogP contribution in [0.15, 0.2) is 72.8 Å². The van der Waals surface area contributed by atoms with Crippen molar-refractivity contribution < 1.29 is 19.1 Å². The summed E-state index contributed by atoms with van der Waals surface area (Å²) in [5.41, 5.74) is 1.91. The lowest BCUT2D eigenvalue weighted by Crippen LogP contribution is -2.59. The number of rotatable bonds is 7. The number of urea groups is 1. The highest BCUT2D eigenvalue weighted by atomic mass is 35.5. The van der Waals surface area contributed by atoms with Crippen LogP contribution in [0.5, 0.6) is 5.75 Å². The molecule has 0 aliphatic carbocycles. The third-order valence-corrected chi connectivity index (χ3v) is 6.09. The molecule has 3 N–H and O–H groups in total. The van der Waals surface area contributed by atoms with E-state index in [0.717, 1.165) is 5.56 Å². The van der Waals surface area contributed by atoms with Gasteiger partial charge in [-0.1, -0.05) is 53.5 Å². The highest BCUT2D eigenvalue weighted by molar-refractivity contribution is 6.35. The van der Waals surface area contributed by atoms with Crippen molar-refractivity contribution >= 4 is 52.4 Å². The number of nitrogens with zero attached hydrogens (tertiary/aromatic N) is 1. The first-order valence-electron chi connectivity index (χ1n) is 11.3. The number of anilines is 2. The Labute approximate surface area is 218 Å². The number of piperazine rings is 1. The Bertz CT molecular complexity index is 1240. The van der Waals surface area contributed by atoms with Gasteiger partial charge in [-0.15, -0.1) is 0 Å². The van der Waals surface area contributed by atoms with Crippen molar-refractivity contribution in [3.05, 3.63) is 88.4 Å². The van der Waals surface area contributed by atoms with Gasteiger partial charge in [0.1, 0.15) is 18.4 Å². The van der Waals surface area contributed by atoms with Crippen molar-refractivity contribution in [2.45, 2.75) is 19.1 Å². The van der Waals surface area contributed by atoms with E-state index >= 15 is 0 Å². The Morgan fingerprint density at radius 2 is 1.75 bits per heavy atom. The predicted molar refractivity (Wildman–Crippen MR) is 139 cm³/mol. The van der Waals surface area contributed by atoms with Crippen molar-refractivity contribution in [3.8, 4) is 5.75 Å². The molecule has 1 heterocycles. The van der Waals surface area contributed by atoms with Gasteiger partial charge in [0, 0.05) is 23.8 Å². The van der Waals surface area contributed by atoms with E-state index in [4.69, 9.17) is 27.9 Å². The molecule has 8 nitrogen and oxygen atoms in total. The second kappa shape index (κ2) is 11.8. The lowest BCUT2D eigenvalue weighted by Gasteiger charge is -2.34. The molecule has 0 radical (unpaired) electrons. The van der Waals surface area contributed by atoms with Crippen molar-refractivity contribution in [2.75, 3.05) is 23.7 Å². The van der Waals surface area contributed by atoms with Gasteiger partial charge in [-0.05, 0) is 48.0 Å². The second-order valence-corrected chi connectivity index (χ2v) is 8.95. The van der Waals surface area contributed by atoms with E-state index in [1.165, 1.54) is 11.0 Å². The number of amides is 4. The number of benzene rings is 3. The largest absolute Gasteiger partial charge is 0.489 e. The molecule has 186 valence electrons. The Hall–Kier alpha value is -3.75. The summed E-state index contributed by atoms with van der Waals surface area (Å²) in [4.78, 5) is 39.5. The quantitative estimate of drug-likeness (QED) is 0.406. The van der Waals surface area contributed by atoms with Crippen molar-refractivity contribution in [2.24, 2.45) is 0 Å². The summed E-state index contributed by atoms with van der Waals surface area (Å²) in [5, 5.41) is 8.85. The number of nitrogens with one attached hydrogen (secondary N) is 3. The Morgan fingerprint density at radius 3 is 2.50 bits per heavy atom. The molecule has 1 atom stereocenters. The first kappa shape index (κ1) is 25.3. The maximum Gasteiger partial charge on any atom is 0.322 e. The van der Waals surface area contributed by atoms with Crippen LogP contribution in [0.4, 0.5) is 16.2 Å². The van der Waals surface area contributed by atoms with Gasteiger partial charge in [0.05, 0.1) is 17.1 Å². The summed E-state index contributed by atoms with van der Waals surface area (Å²) in [6.07, 6.45) is -0.242. The summed E-state index contributed by atoms with van der Waals surface area (Å²) in [7, 11) is 0. The summed E-state index contributed by atoms with van der Waals surface area (Å²) < 4.78 is 5.77. The monoisotopic (exact) mass is 526 g/mol. The highest BCUT2D eigenvalue weighted by Gasteiger charge is 2.35. The molecule has 1 aliphatic rings. The average molecular weight is 527 g/mol. The molecule has 4 rings (SSSR count). The number of ether oxygens (including phenoxy) is 1. The molecule has 4 amide bonds. The van der Waals surface area contributed by atoms with E-state index in [1.807, 2.05) is 30.3 Å². The van der Waals surface area contributed by atoms with Crippen LogP contribution in [-0.4, -0.2) is 41.9 Å². The molecule has 1 saturated heterocycles. The summed E-state index contributed by atoms with van der Waals surface area (Å²) >= 11 is 12.1. The number of halogens is 2. The van der Waals surface area contributed by atoms with E-state index in [0.29, 0.717) is 33.8 Å². The van der Waals surface area contributed by atoms with Crippen LogP contribution in [0.25, 0.3) is 0 Å². The Balaban J connectivity index is 1.36. The van der Waals surface area contributed by atoms with Crippen LogP contribution >= 0.6 is 23.2 Å². The van der Waals surface area contributed by atoms with Crippen LogP contribution < -0.4 is 20.7 Å². The Morgan fingerprint density at radius 1 is 1.00 bits per heavy atom. The van der Waals surface area contributed by atoms with Crippen LogP contribution in [0.1, 0.15) is 12.0 Å². The van der Waals surface area contributed by atoms with E-state index < -0.39 is 23.9 Å². The molecule has 1 fully saturated rings. The number of hydrogen-bond donors (Lipinski definition) is 3. The van der Waals surface area contributed by atoms with E-state index in [9.17, 15) is 14.4 Å². The fraction of sp³-hybridized carbons (Fsp3) is 0.192. The number of carbonyl (C=O) groups is 3. The molecule has 0 bridgehead atoms. The summed E-state index contributed by atoms with van der Waals surface area (Å²) in [6, 6.07) is 19.9. The van der Waals surface area contributed by atoms with Gasteiger partial charge in [-0.3, -0.25) is 9.59 Å². The van der Waals surface area contributed by atoms with Crippen molar-refractivity contribution in [1.82, 2.24) is 10.2 Å². The van der Waals surface area contributed by atoms with Gasteiger partial charge in [-0.2, -0.15) is 0 Å². The van der Waals surface area contributed by atoms with Crippen LogP contribution in [0.3, 0.4) is 0 Å². The maximum absolute atomic E-state index is 13.0. The molecule has 3 aromatic carbocycles. The van der Waals surface area contributed by atoms with Gasteiger partial charge >= 0.3 is 6.03 Å². The van der Waals surface area contributed by atoms with Gasteiger partial charge in [0.25, 0.3) is 0 Å². The summed E-state index contributed by atoms with van der Waals surface area (Å²) in [5.74, 6) is -0.226. The molecule has 1 aliphatic heterocycles. The topological polar surface area (TPSA) is 99.8 Å². The fourth-order valence-electron chi connectivity index (χ4n) is 3.70. The molecule has 0 spiro atoms. The zero-order valence-corrected chi connectivity index (χ0v) is 20.7. The normalized spacial score (nSPS) is 15.1. The minimum absolute atomic E-state index is 0.242. The molecular formula is C26H24Cl2N4O4. The minimum Gasteiger partial charge on any atom is -0.489 e. The zero-order chi connectivity index (χ0) is 25.5. The Kier molecular flexibility index (Phi) is 8.30. The molecule has 3 aromatic rings. The van der Waals surface area contributed by atoms with Gasteiger partial charge in [0.15, 0.2) is 0 Å². The third-order valence-electron chi connectivity index (χ3n) is 5.53. The minimum atomic E-state index is -0.981. The zero-order valence-electron chi connectivity index (χ0n) is 19.2. The molecule has 0 saturated carbocycles. The van der Waals surface area contributed by atoms with E-state index in [1.54, 1.807) is 36.4 Å². The van der Waals surface area contributed by atoms with Gasteiger partial charge in [-0.25, -0.2) is 4.79 Å². The molecule has 10 heteroatoms. The molecular weight excluding hydrogens is 503 g/mol.